The quantitative estimate of drug-likeness (QED) is 0.733. The number of carbonyl (C=O) groups excluding carboxylic acids is 1. The average Bonchev–Trinajstić information content (AvgIpc) is 3.06. The second-order valence-corrected chi connectivity index (χ2v) is 8.80. The summed E-state index contributed by atoms with van der Waals surface area (Å²) in [6.45, 7) is 6.95. The Balaban J connectivity index is 1.70. The number of benzene rings is 1. The number of aromatic nitrogens is 1. The number of likely N-dealkylation sites (tertiary alicyclic amines) is 1. The van der Waals surface area contributed by atoms with Gasteiger partial charge in [0.1, 0.15) is 12.4 Å². The molecule has 3 heterocycles. The molecule has 1 amide bonds. The van der Waals surface area contributed by atoms with Crippen LogP contribution in [0.25, 0.3) is 10.9 Å². The van der Waals surface area contributed by atoms with E-state index in [1.807, 2.05) is 45.9 Å². The van der Waals surface area contributed by atoms with Gasteiger partial charge in [0.25, 0.3) is 11.8 Å². The molecule has 4 rings (SSSR count). The minimum atomic E-state index is -2.81. The SMILES string of the molecule is COCn1c(C(=O)N2CC(F)(F)C2)cc2ccc(B3OC(C)(C)C(C)(C)O3)cc21. The number of nitrogens with zero attached hydrogens (tertiary/aromatic N) is 2. The summed E-state index contributed by atoms with van der Waals surface area (Å²) in [6.07, 6.45) is 0. The number of alkyl halides is 2. The molecule has 1 aromatic carbocycles. The Kier molecular flexibility index (Phi) is 4.57. The number of amides is 1. The summed E-state index contributed by atoms with van der Waals surface area (Å²) in [5, 5.41) is 0.818. The predicted octanol–water partition coefficient (Wildman–Crippen LogP) is 2.64. The van der Waals surface area contributed by atoms with Crippen molar-refractivity contribution in [1.82, 2.24) is 9.47 Å². The van der Waals surface area contributed by atoms with Gasteiger partial charge >= 0.3 is 7.12 Å². The largest absolute Gasteiger partial charge is 0.494 e. The van der Waals surface area contributed by atoms with Crippen molar-refractivity contribution in [1.29, 1.82) is 0 Å². The molecule has 2 aliphatic heterocycles. The highest BCUT2D eigenvalue weighted by Gasteiger charge is 2.52. The molecule has 0 saturated carbocycles. The first-order valence-corrected chi connectivity index (χ1v) is 9.59. The highest BCUT2D eigenvalue weighted by molar-refractivity contribution is 6.62. The highest BCUT2D eigenvalue weighted by Crippen LogP contribution is 2.37. The van der Waals surface area contributed by atoms with Gasteiger partial charge in [0, 0.05) is 12.5 Å². The molecule has 156 valence electrons. The van der Waals surface area contributed by atoms with Crippen molar-refractivity contribution in [2.75, 3.05) is 20.2 Å². The van der Waals surface area contributed by atoms with E-state index in [4.69, 9.17) is 14.0 Å². The molecule has 2 saturated heterocycles. The fraction of sp³-hybridized carbons (Fsp3) is 0.550. The van der Waals surface area contributed by atoms with Crippen molar-refractivity contribution in [2.24, 2.45) is 0 Å². The predicted molar refractivity (Wildman–Crippen MR) is 106 cm³/mol. The summed E-state index contributed by atoms with van der Waals surface area (Å²) in [5.74, 6) is -3.24. The number of carbonyl (C=O) groups is 1. The van der Waals surface area contributed by atoms with Crippen LogP contribution < -0.4 is 5.46 Å². The maximum absolute atomic E-state index is 13.2. The zero-order valence-electron chi connectivity index (χ0n) is 17.3. The van der Waals surface area contributed by atoms with Crippen molar-refractivity contribution in [2.45, 2.75) is 51.6 Å². The van der Waals surface area contributed by atoms with E-state index in [9.17, 15) is 13.6 Å². The molecular weight excluding hydrogens is 381 g/mol. The summed E-state index contributed by atoms with van der Waals surface area (Å²) >= 11 is 0. The fourth-order valence-electron chi connectivity index (χ4n) is 3.66. The maximum Gasteiger partial charge on any atom is 0.494 e. The zero-order chi connectivity index (χ0) is 21.2. The van der Waals surface area contributed by atoms with Crippen LogP contribution in [0.15, 0.2) is 24.3 Å². The lowest BCUT2D eigenvalue weighted by molar-refractivity contribution is -0.113. The third kappa shape index (κ3) is 3.35. The van der Waals surface area contributed by atoms with Crippen LogP contribution in [0, 0.1) is 0 Å². The monoisotopic (exact) mass is 406 g/mol. The van der Waals surface area contributed by atoms with Crippen LogP contribution in [-0.2, 0) is 20.8 Å². The van der Waals surface area contributed by atoms with Crippen molar-refractivity contribution in [3.63, 3.8) is 0 Å². The Hall–Kier alpha value is -1.97. The lowest BCUT2D eigenvalue weighted by atomic mass is 9.79. The van der Waals surface area contributed by atoms with E-state index < -0.39 is 43.2 Å². The molecule has 0 radical (unpaired) electrons. The molecule has 29 heavy (non-hydrogen) atoms. The number of hydrogen-bond donors (Lipinski definition) is 0. The van der Waals surface area contributed by atoms with Gasteiger partial charge in [-0.3, -0.25) is 4.79 Å². The van der Waals surface area contributed by atoms with Gasteiger partial charge in [0.05, 0.1) is 29.8 Å². The van der Waals surface area contributed by atoms with Crippen molar-refractivity contribution in [3.05, 3.63) is 30.0 Å². The first-order valence-electron chi connectivity index (χ1n) is 9.59. The average molecular weight is 406 g/mol. The van der Waals surface area contributed by atoms with Gasteiger partial charge in [0.2, 0.25) is 0 Å². The molecule has 9 heteroatoms. The van der Waals surface area contributed by atoms with Crippen LogP contribution >= 0.6 is 0 Å². The van der Waals surface area contributed by atoms with Gasteiger partial charge in [-0.25, -0.2) is 8.78 Å². The molecule has 2 fully saturated rings. The van der Waals surface area contributed by atoms with Crippen LogP contribution in [0.5, 0.6) is 0 Å². The van der Waals surface area contributed by atoms with E-state index in [1.54, 1.807) is 10.6 Å². The minimum Gasteiger partial charge on any atom is -0.399 e. The van der Waals surface area contributed by atoms with Gasteiger partial charge in [-0.05, 0) is 45.3 Å². The van der Waals surface area contributed by atoms with E-state index >= 15 is 0 Å². The molecule has 1 aromatic heterocycles. The smallest absolute Gasteiger partial charge is 0.399 e. The number of rotatable bonds is 4. The number of hydrogen-bond acceptors (Lipinski definition) is 4. The van der Waals surface area contributed by atoms with Crippen LogP contribution in [0.2, 0.25) is 0 Å². The topological polar surface area (TPSA) is 52.9 Å². The van der Waals surface area contributed by atoms with Gasteiger partial charge in [0.15, 0.2) is 0 Å². The normalized spacial score (nSPS) is 22.2. The molecule has 0 N–H and O–H groups in total. The first kappa shape index (κ1) is 20.3. The Morgan fingerprint density at radius 1 is 1.14 bits per heavy atom. The molecule has 0 bridgehead atoms. The van der Waals surface area contributed by atoms with Crippen LogP contribution in [-0.4, -0.2) is 59.8 Å². The second kappa shape index (κ2) is 6.52. The van der Waals surface area contributed by atoms with Gasteiger partial charge in [-0.1, -0.05) is 12.1 Å². The zero-order valence-corrected chi connectivity index (χ0v) is 17.3. The van der Waals surface area contributed by atoms with Crippen molar-refractivity contribution >= 4 is 29.4 Å². The van der Waals surface area contributed by atoms with E-state index in [-0.39, 0.29) is 6.73 Å². The Morgan fingerprint density at radius 3 is 2.31 bits per heavy atom. The Bertz CT molecular complexity index is 949. The molecule has 2 aliphatic rings. The highest BCUT2D eigenvalue weighted by atomic mass is 19.3. The molecule has 6 nitrogen and oxygen atoms in total. The maximum atomic E-state index is 13.2. The van der Waals surface area contributed by atoms with E-state index in [0.717, 1.165) is 21.3 Å². The number of ether oxygens (including phenoxy) is 1. The third-order valence-electron chi connectivity index (χ3n) is 6.06. The number of halogens is 2. The van der Waals surface area contributed by atoms with E-state index in [1.165, 1.54) is 7.11 Å². The van der Waals surface area contributed by atoms with Crippen LogP contribution in [0.1, 0.15) is 38.2 Å². The summed E-state index contributed by atoms with van der Waals surface area (Å²) in [5.41, 5.74) is 0.968. The Morgan fingerprint density at radius 2 is 1.76 bits per heavy atom. The summed E-state index contributed by atoms with van der Waals surface area (Å²) in [7, 11) is 0.985. The van der Waals surface area contributed by atoms with Crippen LogP contribution in [0.4, 0.5) is 8.78 Å². The lowest BCUT2D eigenvalue weighted by Gasteiger charge is -2.38. The molecule has 0 unspecified atom stereocenters. The summed E-state index contributed by atoms with van der Waals surface area (Å²) in [6, 6.07) is 7.39. The van der Waals surface area contributed by atoms with E-state index in [0.29, 0.717) is 5.69 Å². The first-order chi connectivity index (χ1) is 13.4. The summed E-state index contributed by atoms with van der Waals surface area (Å²) < 4.78 is 45.6. The third-order valence-corrected chi connectivity index (χ3v) is 6.06. The summed E-state index contributed by atoms with van der Waals surface area (Å²) in [4.78, 5) is 13.9. The van der Waals surface area contributed by atoms with Crippen molar-refractivity contribution in [3.8, 4) is 0 Å². The second-order valence-electron chi connectivity index (χ2n) is 8.80. The molecular formula is C20H25BF2N2O4. The molecule has 0 spiro atoms. The Labute approximate surface area is 168 Å². The van der Waals surface area contributed by atoms with E-state index in [2.05, 4.69) is 0 Å². The molecule has 0 atom stereocenters. The van der Waals surface area contributed by atoms with Gasteiger partial charge < -0.3 is 23.5 Å². The lowest BCUT2D eigenvalue weighted by Crippen LogP contribution is -2.58. The fourth-order valence-corrected chi connectivity index (χ4v) is 3.66. The number of methoxy groups -OCH3 is 1. The van der Waals surface area contributed by atoms with Gasteiger partial charge in [-0.15, -0.1) is 0 Å². The molecule has 2 aromatic rings. The standard InChI is InChI=1S/C20H25BF2N2O4/c1-18(2)19(3,4)29-21(28-18)14-7-6-13-8-16(25(12-27-5)15(13)9-14)17(26)24-10-20(22,23)11-24/h6-9H,10-12H2,1-5H3. The molecule has 0 aliphatic carbocycles. The minimum absolute atomic E-state index is 0.127. The number of fused-ring (bicyclic) bond motifs is 1. The van der Waals surface area contributed by atoms with Gasteiger partial charge in [-0.2, -0.15) is 0 Å². The van der Waals surface area contributed by atoms with Crippen molar-refractivity contribution < 1.29 is 27.6 Å². The van der Waals surface area contributed by atoms with Crippen LogP contribution in [0.3, 0.4) is 0 Å².